The van der Waals surface area contributed by atoms with E-state index in [1.807, 2.05) is 10.7 Å². The third-order valence-corrected chi connectivity index (χ3v) is 3.79. The molecule has 0 N–H and O–H groups in total. The van der Waals surface area contributed by atoms with E-state index in [-0.39, 0.29) is 5.78 Å². The van der Waals surface area contributed by atoms with Crippen LogP contribution in [0.4, 0.5) is 0 Å². The molecule has 0 atom stereocenters. The number of rotatable bonds is 1. The number of carbonyl (C=O) groups is 1. The van der Waals surface area contributed by atoms with E-state index in [0.29, 0.717) is 6.42 Å². The van der Waals surface area contributed by atoms with Crippen molar-refractivity contribution in [3.63, 3.8) is 0 Å². The van der Waals surface area contributed by atoms with Crippen molar-refractivity contribution >= 4 is 5.78 Å². The molecule has 0 bridgehead atoms. The average Bonchev–Trinajstić information content (AvgIpc) is 2.78. The SMILES string of the molecule is Cc1cccc(-n2ncc3c2CCCC3=O)c1C. The Hall–Kier alpha value is -1.90. The predicted molar refractivity (Wildman–Crippen MR) is 70.3 cm³/mol. The van der Waals surface area contributed by atoms with E-state index in [2.05, 4.69) is 31.1 Å². The molecule has 1 aliphatic carbocycles. The van der Waals surface area contributed by atoms with Crippen LogP contribution in [-0.4, -0.2) is 15.6 Å². The van der Waals surface area contributed by atoms with Crippen LogP contribution < -0.4 is 0 Å². The summed E-state index contributed by atoms with van der Waals surface area (Å²) in [6.07, 6.45) is 4.25. The monoisotopic (exact) mass is 240 g/mol. The van der Waals surface area contributed by atoms with Crippen LogP contribution in [0.25, 0.3) is 5.69 Å². The maximum Gasteiger partial charge on any atom is 0.166 e. The Kier molecular flexibility index (Phi) is 2.54. The molecular weight excluding hydrogens is 224 g/mol. The number of hydrogen-bond acceptors (Lipinski definition) is 2. The summed E-state index contributed by atoms with van der Waals surface area (Å²) in [5.41, 5.74) is 5.44. The van der Waals surface area contributed by atoms with Gasteiger partial charge in [-0.25, -0.2) is 4.68 Å². The van der Waals surface area contributed by atoms with E-state index in [0.717, 1.165) is 29.8 Å². The van der Waals surface area contributed by atoms with Crippen molar-refractivity contribution in [1.29, 1.82) is 0 Å². The Morgan fingerprint density at radius 3 is 2.89 bits per heavy atom. The van der Waals surface area contributed by atoms with Crippen molar-refractivity contribution in [2.75, 3.05) is 0 Å². The summed E-state index contributed by atoms with van der Waals surface area (Å²) in [6.45, 7) is 4.20. The highest BCUT2D eigenvalue weighted by Crippen LogP contribution is 2.25. The zero-order valence-corrected chi connectivity index (χ0v) is 10.7. The van der Waals surface area contributed by atoms with E-state index in [1.165, 1.54) is 11.1 Å². The standard InChI is InChI=1S/C15H16N2O/c1-10-5-3-6-13(11(10)2)17-14-7-4-8-15(18)12(14)9-16-17/h3,5-6,9H,4,7-8H2,1-2H3. The lowest BCUT2D eigenvalue weighted by molar-refractivity contribution is 0.0972. The van der Waals surface area contributed by atoms with E-state index < -0.39 is 0 Å². The summed E-state index contributed by atoms with van der Waals surface area (Å²) in [5.74, 6) is 0.229. The molecule has 1 aromatic heterocycles. The minimum atomic E-state index is 0.229. The number of ketones is 1. The molecule has 3 heteroatoms. The van der Waals surface area contributed by atoms with Crippen LogP contribution in [0.3, 0.4) is 0 Å². The van der Waals surface area contributed by atoms with E-state index in [9.17, 15) is 4.79 Å². The molecule has 1 aromatic carbocycles. The second-order valence-electron chi connectivity index (χ2n) is 4.91. The number of Topliss-reactive ketones (excluding diaryl/α,β-unsaturated/α-hetero) is 1. The van der Waals surface area contributed by atoms with E-state index in [1.54, 1.807) is 6.20 Å². The van der Waals surface area contributed by atoms with Crippen molar-refractivity contribution in [3.8, 4) is 5.69 Å². The molecule has 0 amide bonds. The Morgan fingerprint density at radius 2 is 2.06 bits per heavy atom. The van der Waals surface area contributed by atoms with Crippen molar-refractivity contribution in [2.24, 2.45) is 0 Å². The molecule has 0 aliphatic heterocycles. The summed E-state index contributed by atoms with van der Waals surface area (Å²) in [7, 11) is 0. The van der Waals surface area contributed by atoms with Crippen LogP contribution >= 0.6 is 0 Å². The maximum absolute atomic E-state index is 11.8. The molecule has 92 valence electrons. The van der Waals surface area contributed by atoms with Crippen LogP contribution in [0.1, 0.15) is 40.0 Å². The maximum atomic E-state index is 11.8. The van der Waals surface area contributed by atoms with Crippen molar-refractivity contribution in [3.05, 3.63) is 46.8 Å². The molecular formula is C15H16N2O. The van der Waals surface area contributed by atoms with Gasteiger partial charge in [0.05, 0.1) is 23.1 Å². The van der Waals surface area contributed by atoms with Crippen LogP contribution in [0.2, 0.25) is 0 Å². The van der Waals surface area contributed by atoms with Gasteiger partial charge < -0.3 is 0 Å². The number of fused-ring (bicyclic) bond motifs is 1. The van der Waals surface area contributed by atoms with Gasteiger partial charge in [0.25, 0.3) is 0 Å². The van der Waals surface area contributed by atoms with Gasteiger partial charge in [-0.05, 0) is 43.9 Å². The summed E-state index contributed by atoms with van der Waals surface area (Å²) in [5, 5.41) is 4.42. The molecule has 3 rings (SSSR count). The van der Waals surface area contributed by atoms with Gasteiger partial charge in [0.15, 0.2) is 5.78 Å². The van der Waals surface area contributed by atoms with Gasteiger partial charge in [0.2, 0.25) is 0 Å². The van der Waals surface area contributed by atoms with Gasteiger partial charge in [0, 0.05) is 6.42 Å². The molecule has 0 saturated carbocycles. The minimum Gasteiger partial charge on any atom is -0.294 e. The molecule has 1 aliphatic rings. The van der Waals surface area contributed by atoms with Crippen LogP contribution in [0.5, 0.6) is 0 Å². The van der Waals surface area contributed by atoms with Crippen molar-refractivity contribution in [1.82, 2.24) is 9.78 Å². The summed E-state index contributed by atoms with van der Waals surface area (Å²) in [6, 6.07) is 6.20. The minimum absolute atomic E-state index is 0.229. The number of hydrogen-bond donors (Lipinski definition) is 0. The molecule has 0 radical (unpaired) electrons. The highest BCUT2D eigenvalue weighted by atomic mass is 16.1. The first kappa shape index (κ1) is 11.2. The molecule has 0 spiro atoms. The second kappa shape index (κ2) is 4.09. The average molecular weight is 240 g/mol. The molecule has 0 fully saturated rings. The first-order valence-corrected chi connectivity index (χ1v) is 6.35. The number of carbonyl (C=O) groups excluding carboxylic acids is 1. The number of benzene rings is 1. The Balaban J connectivity index is 2.19. The molecule has 18 heavy (non-hydrogen) atoms. The normalized spacial score (nSPS) is 14.7. The predicted octanol–water partition coefficient (Wildman–Crippen LogP) is 3.01. The highest BCUT2D eigenvalue weighted by Gasteiger charge is 2.22. The lowest BCUT2D eigenvalue weighted by Crippen LogP contribution is -2.13. The molecule has 1 heterocycles. The number of aromatic nitrogens is 2. The topological polar surface area (TPSA) is 34.9 Å². The Labute approximate surface area is 106 Å². The van der Waals surface area contributed by atoms with Crippen LogP contribution in [0, 0.1) is 13.8 Å². The fraction of sp³-hybridized carbons (Fsp3) is 0.333. The second-order valence-corrected chi connectivity index (χ2v) is 4.91. The largest absolute Gasteiger partial charge is 0.294 e. The molecule has 0 unspecified atom stereocenters. The van der Waals surface area contributed by atoms with Gasteiger partial charge in [-0.2, -0.15) is 5.10 Å². The zero-order valence-electron chi connectivity index (χ0n) is 10.7. The van der Waals surface area contributed by atoms with E-state index in [4.69, 9.17) is 0 Å². The fourth-order valence-electron chi connectivity index (χ4n) is 2.57. The van der Waals surface area contributed by atoms with E-state index >= 15 is 0 Å². The Bertz CT molecular complexity index is 625. The van der Waals surface area contributed by atoms with Gasteiger partial charge >= 0.3 is 0 Å². The number of aryl methyl sites for hydroxylation is 1. The van der Waals surface area contributed by atoms with Gasteiger partial charge in [-0.3, -0.25) is 4.79 Å². The Morgan fingerprint density at radius 1 is 1.22 bits per heavy atom. The van der Waals surface area contributed by atoms with Crippen LogP contribution in [-0.2, 0) is 6.42 Å². The molecule has 2 aromatic rings. The smallest absolute Gasteiger partial charge is 0.166 e. The molecule has 3 nitrogen and oxygen atoms in total. The quantitative estimate of drug-likeness (QED) is 0.768. The highest BCUT2D eigenvalue weighted by molar-refractivity contribution is 5.98. The lowest BCUT2D eigenvalue weighted by atomic mass is 9.96. The third-order valence-electron chi connectivity index (χ3n) is 3.79. The van der Waals surface area contributed by atoms with Crippen LogP contribution in [0.15, 0.2) is 24.4 Å². The zero-order chi connectivity index (χ0) is 12.7. The first-order chi connectivity index (χ1) is 8.68. The first-order valence-electron chi connectivity index (χ1n) is 6.35. The van der Waals surface area contributed by atoms with Crippen molar-refractivity contribution < 1.29 is 4.79 Å². The summed E-state index contributed by atoms with van der Waals surface area (Å²) in [4.78, 5) is 11.8. The number of nitrogens with zero attached hydrogens (tertiary/aromatic N) is 2. The third kappa shape index (κ3) is 1.58. The van der Waals surface area contributed by atoms with Gasteiger partial charge in [0.1, 0.15) is 0 Å². The van der Waals surface area contributed by atoms with Gasteiger partial charge in [-0.1, -0.05) is 12.1 Å². The fourth-order valence-corrected chi connectivity index (χ4v) is 2.57. The van der Waals surface area contributed by atoms with Crippen molar-refractivity contribution in [2.45, 2.75) is 33.1 Å². The lowest BCUT2D eigenvalue weighted by Gasteiger charge is -2.15. The molecule has 0 saturated heterocycles. The van der Waals surface area contributed by atoms with Gasteiger partial charge in [-0.15, -0.1) is 0 Å². The summed E-state index contributed by atoms with van der Waals surface area (Å²) < 4.78 is 1.94. The summed E-state index contributed by atoms with van der Waals surface area (Å²) >= 11 is 0.